The van der Waals surface area contributed by atoms with Crippen LogP contribution in [-0.2, 0) is 16.6 Å². The lowest BCUT2D eigenvalue weighted by atomic mass is 10.1. The van der Waals surface area contributed by atoms with Crippen LogP contribution in [0.25, 0.3) is 0 Å². The second-order valence-electron chi connectivity index (χ2n) is 6.95. The lowest BCUT2D eigenvalue weighted by Gasteiger charge is -2.34. The van der Waals surface area contributed by atoms with Crippen LogP contribution in [0.1, 0.15) is 31.2 Å². The van der Waals surface area contributed by atoms with E-state index in [1.807, 2.05) is 12.1 Å². The summed E-state index contributed by atoms with van der Waals surface area (Å²) >= 11 is 0. The summed E-state index contributed by atoms with van der Waals surface area (Å²) in [5.74, 6) is 0.881. The third-order valence-corrected chi connectivity index (χ3v) is 6.87. The number of methoxy groups -OCH3 is 1. The van der Waals surface area contributed by atoms with Gasteiger partial charge in [0.1, 0.15) is 5.75 Å². The Hall–Kier alpha value is -1.15. The highest BCUT2D eigenvalue weighted by atomic mass is 32.2. The van der Waals surface area contributed by atoms with Crippen molar-refractivity contribution in [2.24, 2.45) is 0 Å². The number of hydrogen-bond donors (Lipinski definition) is 1. The third-order valence-electron chi connectivity index (χ3n) is 5.19. The molecule has 0 spiro atoms. The van der Waals surface area contributed by atoms with Crippen LogP contribution in [0, 0.1) is 0 Å². The molecule has 0 bridgehead atoms. The first-order valence-corrected chi connectivity index (χ1v) is 10.6. The highest BCUT2D eigenvalue weighted by Crippen LogP contribution is 2.19. The van der Waals surface area contributed by atoms with Crippen molar-refractivity contribution in [1.29, 1.82) is 0 Å². The molecule has 0 atom stereocenters. The second-order valence-corrected chi connectivity index (χ2v) is 8.65. The van der Waals surface area contributed by atoms with E-state index in [2.05, 4.69) is 21.8 Å². The third kappa shape index (κ3) is 5.17. The Bertz CT molecular complexity index is 651. The maximum atomic E-state index is 12.5. The second kappa shape index (κ2) is 8.49. The van der Waals surface area contributed by atoms with Crippen molar-refractivity contribution in [3.05, 3.63) is 29.8 Å². The van der Waals surface area contributed by atoms with Crippen LogP contribution >= 0.6 is 0 Å². The van der Waals surface area contributed by atoms with E-state index in [9.17, 15) is 8.42 Å². The van der Waals surface area contributed by atoms with Crippen LogP contribution in [0.2, 0.25) is 0 Å². The van der Waals surface area contributed by atoms with Crippen LogP contribution in [-0.4, -0.2) is 63.5 Å². The molecule has 0 amide bonds. The average Bonchev–Trinajstić information content (AvgIpc) is 3.13. The number of benzene rings is 1. The lowest BCUT2D eigenvalue weighted by Crippen LogP contribution is -2.53. The maximum absolute atomic E-state index is 12.5. The molecule has 140 valence electrons. The van der Waals surface area contributed by atoms with E-state index in [0.717, 1.165) is 57.5 Å². The van der Waals surface area contributed by atoms with Gasteiger partial charge in [-0.1, -0.05) is 25.0 Å². The van der Waals surface area contributed by atoms with Gasteiger partial charge in [-0.15, -0.1) is 0 Å². The molecule has 0 unspecified atom stereocenters. The van der Waals surface area contributed by atoms with Crippen molar-refractivity contribution in [3.63, 3.8) is 0 Å². The monoisotopic (exact) mass is 367 g/mol. The summed E-state index contributed by atoms with van der Waals surface area (Å²) in [5.41, 5.74) is 1.25. The predicted octanol–water partition coefficient (Wildman–Crippen LogP) is 1.63. The van der Waals surface area contributed by atoms with Crippen LogP contribution in [0.5, 0.6) is 5.75 Å². The summed E-state index contributed by atoms with van der Waals surface area (Å²) in [4.78, 5) is 2.33. The van der Waals surface area contributed by atoms with Gasteiger partial charge >= 0.3 is 0 Å². The van der Waals surface area contributed by atoms with Crippen molar-refractivity contribution in [3.8, 4) is 5.75 Å². The number of rotatable bonds is 7. The van der Waals surface area contributed by atoms with Crippen molar-refractivity contribution in [2.75, 3.05) is 39.8 Å². The number of nitrogens with zero attached hydrogens (tertiary/aromatic N) is 2. The average molecular weight is 368 g/mol. The fraction of sp³-hybridized carbons (Fsp3) is 0.667. The minimum atomic E-state index is -3.33. The van der Waals surface area contributed by atoms with Crippen molar-refractivity contribution >= 4 is 10.2 Å². The molecule has 6 nitrogen and oxygen atoms in total. The first kappa shape index (κ1) is 18.6. The van der Waals surface area contributed by atoms with Gasteiger partial charge in [-0.3, -0.25) is 0 Å². The molecule has 2 fully saturated rings. The minimum Gasteiger partial charge on any atom is -0.497 e. The van der Waals surface area contributed by atoms with E-state index in [-0.39, 0.29) is 6.04 Å². The van der Waals surface area contributed by atoms with Crippen molar-refractivity contribution in [2.45, 2.75) is 38.1 Å². The molecule has 2 aliphatic rings. The molecule has 1 N–H and O–H groups in total. The Kier molecular flexibility index (Phi) is 6.33. The molecular weight excluding hydrogens is 338 g/mol. The first-order valence-electron chi connectivity index (χ1n) is 9.19. The highest BCUT2D eigenvalue weighted by molar-refractivity contribution is 7.87. The van der Waals surface area contributed by atoms with Crippen LogP contribution in [0.3, 0.4) is 0 Å². The molecule has 1 heterocycles. The highest BCUT2D eigenvalue weighted by Gasteiger charge is 2.29. The van der Waals surface area contributed by atoms with Gasteiger partial charge in [-0.05, 0) is 37.0 Å². The fourth-order valence-corrected chi connectivity index (χ4v) is 5.09. The Morgan fingerprint density at radius 1 is 1.16 bits per heavy atom. The Morgan fingerprint density at radius 2 is 1.88 bits per heavy atom. The zero-order valence-corrected chi connectivity index (χ0v) is 15.8. The standard InChI is InChI=1S/C18H29N3O3S/c1-24-18-8-4-5-16(15-18)9-10-20-11-13-21(14-12-20)25(22,23)19-17-6-2-3-7-17/h4-5,8,15,17,19H,2-3,6-7,9-14H2,1H3. The summed E-state index contributed by atoms with van der Waals surface area (Å²) in [7, 11) is -1.65. The molecule has 1 aromatic carbocycles. The van der Waals surface area contributed by atoms with Gasteiger partial charge in [0.15, 0.2) is 0 Å². The van der Waals surface area contributed by atoms with E-state index >= 15 is 0 Å². The van der Waals surface area contributed by atoms with E-state index < -0.39 is 10.2 Å². The zero-order chi connectivity index (χ0) is 17.7. The Labute approximate surface area is 151 Å². The largest absolute Gasteiger partial charge is 0.497 e. The first-order chi connectivity index (χ1) is 12.1. The normalized spacial score (nSPS) is 20.8. The van der Waals surface area contributed by atoms with Gasteiger partial charge in [-0.25, -0.2) is 0 Å². The molecule has 1 saturated heterocycles. The topological polar surface area (TPSA) is 61.9 Å². The molecule has 0 radical (unpaired) electrons. The summed E-state index contributed by atoms with van der Waals surface area (Å²) in [6, 6.07) is 8.26. The molecular formula is C18H29N3O3S. The van der Waals surface area contributed by atoms with Crippen LogP contribution in [0.15, 0.2) is 24.3 Å². The number of hydrogen-bond acceptors (Lipinski definition) is 4. The molecule has 1 aliphatic carbocycles. The number of ether oxygens (including phenoxy) is 1. The number of nitrogens with one attached hydrogen (secondary N) is 1. The molecule has 0 aromatic heterocycles. The van der Waals surface area contributed by atoms with Gasteiger partial charge in [0.25, 0.3) is 10.2 Å². The van der Waals surface area contributed by atoms with Crippen LogP contribution < -0.4 is 9.46 Å². The van der Waals surface area contributed by atoms with Gasteiger partial charge in [0.05, 0.1) is 7.11 Å². The molecule has 25 heavy (non-hydrogen) atoms. The molecule has 7 heteroatoms. The van der Waals surface area contributed by atoms with Crippen molar-refractivity contribution < 1.29 is 13.2 Å². The van der Waals surface area contributed by atoms with E-state index in [1.54, 1.807) is 11.4 Å². The van der Waals surface area contributed by atoms with Gasteiger partial charge in [0, 0.05) is 38.8 Å². The maximum Gasteiger partial charge on any atom is 0.279 e. The van der Waals surface area contributed by atoms with E-state index in [0.29, 0.717) is 13.1 Å². The molecule has 3 rings (SSSR count). The molecule has 1 saturated carbocycles. The predicted molar refractivity (Wildman–Crippen MR) is 99.0 cm³/mol. The van der Waals surface area contributed by atoms with E-state index in [1.165, 1.54) is 5.56 Å². The van der Waals surface area contributed by atoms with Crippen molar-refractivity contribution in [1.82, 2.24) is 13.9 Å². The summed E-state index contributed by atoms with van der Waals surface area (Å²) < 4.78 is 34.7. The molecule has 1 aromatic rings. The SMILES string of the molecule is COc1cccc(CCN2CCN(S(=O)(=O)NC3CCCC3)CC2)c1. The lowest BCUT2D eigenvalue weighted by molar-refractivity contribution is 0.188. The quantitative estimate of drug-likeness (QED) is 0.796. The fourth-order valence-electron chi connectivity index (χ4n) is 3.64. The van der Waals surface area contributed by atoms with Gasteiger partial charge in [-0.2, -0.15) is 17.4 Å². The minimum absolute atomic E-state index is 0.135. The Balaban J connectivity index is 1.45. The zero-order valence-electron chi connectivity index (χ0n) is 15.0. The van der Waals surface area contributed by atoms with Crippen LogP contribution in [0.4, 0.5) is 0 Å². The summed E-state index contributed by atoms with van der Waals surface area (Å²) in [5, 5.41) is 0. The summed E-state index contributed by atoms with van der Waals surface area (Å²) in [6.45, 7) is 3.66. The Morgan fingerprint density at radius 3 is 2.56 bits per heavy atom. The smallest absolute Gasteiger partial charge is 0.279 e. The van der Waals surface area contributed by atoms with E-state index in [4.69, 9.17) is 4.74 Å². The van der Waals surface area contributed by atoms with Gasteiger partial charge in [0.2, 0.25) is 0 Å². The number of piperazine rings is 1. The van der Waals surface area contributed by atoms with Gasteiger partial charge < -0.3 is 9.64 Å². The molecule has 1 aliphatic heterocycles. The summed E-state index contributed by atoms with van der Waals surface area (Å²) in [6.07, 6.45) is 5.15.